The maximum Gasteiger partial charge on any atom is 0.325 e. The monoisotopic (exact) mass is 370 g/mol. The fourth-order valence-electron chi connectivity index (χ4n) is 1.87. The summed E-state index contributed by atoms with van der Waals surface area (Å²) >= 11 is 1.16. The molecule has 0 spiro atoms. The number of hydrogen-bond donors (Lipinski definition) is 3. The standard InChI is InChI=1S/C15H18N2O7S/c1-9(15(21)22)16-14(20)11-4-2-10(3-5-11)12(8-17(23)24)25-7-6-13(18)19/h2-5,9,12H,6-8H2,1H3,(H,16,20)(H,18,19)(H,21,22)/t9-,12+/m0/s1. The van der Waals surface area contributed by atoms with E-state index in [1.165, 1.54) is 19.1 Å². The molecule has 0 saturated carbocycles. The fraction of sp³-hybridized carbons (Fsp3) is 0.400. The smallest absolute Gasteiger partial charge is 0.325 e. The molecule has 1 aromatic carbocycles. The molecule has 0 aliphatic carbocycles. The second-order valence-electron chi connectivity index (χ2n) is 5.17. The van der Waals surface area contributed by atoms with Gasteiger partial charge in [-0.25, -0.2) is 0 Å². The number of nitrogens with zero attached hydrogens (tertiary/aromatic N) is 1. The predicted octanol–water partition coefficient (Wildman–Crippen LogP) is 1.42. The van der Waals surface area contributed by atoms with Crippen LogP contribution in [0.2, 0.25) is 0 Å². The third kappa shape index (κ3) is 7.21. The van der Waals surface area contributed by atoms with Gasteiger partial charge < -0.3 is 15.5 Å². The van der Waals surface area contributed by atoms with Crippen molar-refractivity contribution in [2.45, 2.75) is 24.6 Å². The minimum Gasteiger partial charge on any atom is -0.481 e. The summed E-state index contributed by atoms with van der Waals surface area (Å²) in [5.74, 6) is -2.48. The molecule has 9 nitrogen and oxygen atoms in total. The van der Waals surface area contributed by atoms with Crippen molar-refractivity contribution in [2.24, 2.45) is 0 Å². The molecule has 0 unspecified atom stereocenters. The number of benzene rings is 1. The first-order valence-electron chi connectivity index (χ1n) is 7.29. The lowest BCUT2D eigenvalue weighted by atomic mass is 10.1. The number of amides is 1. The van der Waals surface area contributed by atoms with E-state index in [1.54, 1.807) is 12.1 Å². The van der Waals surface area contributed by atoms with E-state index in [0.717, 1.165) is 11.8 Å². The van der Waals surface area contributed by atoms with E-state index < -0.39 is 34.1 Å². The van der Waals surface area contributed by atoms with E-state index in [1.807, 2.05) is 0 Å². The van der Waals surface area contributed by atoms with Crippen molar-refractivity contribution in [3.05, 3.63) is 45.5 Å². The molecule has 0 radical (unpaired) electrons. The van der Waals surface area contributed by atoms with Gasteiger partial charge in [0.25, 0.3) is 5.91 Å². The van der Waals surface area contributed by atoms with Crippen molar-refractivity contribution < 1.29 is 29.5 Å². The maximum atomic E-state index is 11.9. The van der Waals surface area contributed by atoms with Gasteiger partial charge in [0.1, 0.15) is 6.04 Å². The SMILES string of the molecule is C[C@H](NC(=O)c1ccc([C@@H](C[N+](=O)[O-])SCCC(=O)O)cc1)C(=O)O. The van der Waals surface area contributed by atoms with Crippen LogP contribution in [0.15, 0.2) is 24.3 Å². The summed E-state index contributed by atoms with van der Waals surface area (Å²) in [5, 5.41) is 30.0. The second kappa shape index (κ2) is 9.62. The topological polar surface area (TPSA) is 147 Å². The molecule has 2 atom stereocenters. The lowest BCUT2D eigenvalue weighted by Crippen LogP contribution is -2.38. The molecular weight excluding hydrogens is 352 g/mol. The van der Waals surface area contributed by atoms with E-state index in [0.29, 0.717) is 5.56 Å². The summed E-state index contributed by atoms with van der Waals surface area (Å²) in [6, 6.07) is 4.94. The molecule has 10 heteroatoms. The molecule has 0 fully saturated rings. The summed E-state index contributed by atoms with van der Waals surface area (Å²) in [5.41, 5.74) is 0.821. The Morgan fingerprint density at radius 3 is 2.32 bits per heavy atom. The van der Waals surface area contributed by atoms with Gasteiger partial charge in [0.2, 0.25) is 6.54 Å². The first-order chi connectivity index (χ1) is 11.7. The van der Waals surface area contributed by atoms with Gasteiger partial charge in [0.15, 0.2) is 0 Å². The Kier molecular flexibility index (Phi) is 7.86. The van der Waals surface area contributed by atoms with Crippen molar-refractivity contribution in [1.82, 2.24) is 5.32 Å². The molecule has 0 aromatic heterocycles. The van der Waals surface area contributed by atoms with Gasteiger partial charge in [-0.2, -0.15) is 0 Å². The average Bonchev–Trinajstić information content (AvgIpc) is 2.53. The summed E-state index contributed by atoms with van der Waals surface area (Å²) in [6.07, 6.45) is -0.105. The molecule has 0 aliphatic rings. The molecule has 25 heavy (non-hydrogen) atoms. The highest BCUT2D eigenvalue weighted by Gasteiger charge is 2.20. The molecule has 136 valence electrons. The van der Waals surface area contributed by atoms with E-state index in [9.17, 15) is 24.5 Å². The Balaban J connectivity index is 2.80. The highest BCUT2D eigenvalue weighted by atomic mass is 32.2. The van der Waals surface area contributed by atoms with E-state index in [-0.39, 0.29) is 24.3 Å². The lowest BCUT2D eigenvalue weighted by molar-refractivity contribution is -0.479. The van der Waals surface area contributed by atoms with Crippen LogP contribution < -0.4 is 5.32 Å². The first kappa shape index (κ1) is 20.4. The van der Waals surface area contributed by atoms with Crippen LogP contribution >= 0.6 is 11.8 Å². The van der Waals surface area contributed by atoms with Crippen LogP contribution in [0, 0.1) is 10.1 Å². The Bertz CT molecular complexity index is 648. The molecule has 0 saturated heterocycles. The van der Waals surface area contributed by atoms with E-state index >= 15 is 0 Å². The molecule has 0 bridgehead atoms. The number of hydrogen-bond acceptors (Lipinski definition) is 6. The fourth-order valence-corrected chi connectivity index (χ4v) is 3.02. The molecule has 0 aliphatic heterocycles. The number of carbonyl (C=O) groups is 3. The van der Waals surface area contributed by atoms with Crippen LogP contribution in [0.5, 0.6) is 0 Å². The van der Waals surface area contributed by atoms with E-state index in [4.69, 9.17) is 10.2 Å². The van der Waals surface area contributed by atoms with Gasteiger partial charge in [-0.3, -0.25) is 24.5 Å². The number of carboxylic acid groups (broad SMARTS) is 2. The molecule has 1 amide bonds. The van der Waals surface area contributed by atoms with Crippen LogP contribution in [-0.4, -0.2) is 51.3 Å². The first-order valence-corrected chi connectivity index (χ1v) is 8.34. The average molecular weight is 370 g/mol. The number of carbonyl (C=O) groups excluding carboxylic acids is 1. The number of nitrogens with one attached hydrogen (secondary N) is 1. The summed E-state index contributed by atoms with van der Waals surface area (Å²) < 4.78 is 0. The quantitative estimate of drug-likeness (QED) is 0.414. The van der Waals surface area contributed by atoms with Gasteiger partial charge in [-0.05, 0) is 24.6 Å². The van der Waals surface area contributed by atoms with Crippen LogP contribution in [-0.2, 0) is 9.59 Å². The largest absolute Gasteiger partial charge is 0.481 e. The lowest BCUT2D eigenvalue weighted by Gasteiger charge is -2.14. The minimum absolute atomic E-state index is 0.105. The van der Waals surface area contributed by atoms with Crippen LogP contribution in [0.3, 0.4) is 0 Å². The van der Waals surface area contributed by atoms with Crippen molar-refractivity contribution in [3.63, 3.8) is 0 Å². The van der Waals surface area contributed by atoms with Gasteiger partial charge in [0, 0.05) is 16.2 Å². The zero-order valence-electron chi connectivity index (χ0n) is 13.4. The zero-order valence-corrected chi connectivity index (χ0v) is 14.2. The Morgan fingerprint density at radius 2 is 1.84 bits per heavy atom. The second-order valence-corrected chi connectivity index (χ2v) is 6.48. The zero-order chi connectivity index (χ0) is 19.0. The number of carboxylic acids is 2. The minimum atomic E-state index is -1.16. The Hall–Kier alpha value is -2.62. The molecule has 3 N–H and O–H groups in total. The molecule has 1 aromatic rings. The normalized spacial score (nSPS) is 12.8. The van der Waals surface area contributed by atoms with Crippen molar-refractivity contribution in [3.8, 4) is 0 Å². The van der Waals surface area contributed by atoms with Gasteiger partial charge >= 0.3 is 11.9 Å². The number of aliphatic carboxylic acids is 2. The van der Waals surface area contributed by atoms with Crippen LogP contribution in [0.25, 0.3) is 0 Å². The number of nitro groups is 1. The molecular formula is C15H18N2O7S. The maximum absolute atomic E-state index is 11.9. The van der Waals surface area contributed by atoms with E-state index in [2.05, 4.69) is 5.32 Å². The van der Waals surface area contributed by atoms with Crippen molar-refractivity contribution >= 4 is 29.6 Å². The van der Waals surface area contributed by atoms with Crippen molar-refractivity contribution in [1.29, 1.82) is 0 Å². The Labute approximate surface area is 147 Å². The summed E-state index contributed by atoms with van der Waals surface area (Å²) in [7, 11) is 0. The number of rotatable bonds is 10. The Morgan fingerprint density at radius 1 is 1.24 bits per heavy atom. The summed E-state index contributed by atoms with van der Waals surface area (Å²) in [6.45, 7) is 0.965. The predicted molar refractivity (Wildman–Crippen MR) is 90.3 cm³/mol. The van der Waals surface area contributed by atoms with Gasteiger partial charge in [-0.15, -0.1) is 11.8 Å². The third-order valence-electron chi connectivity index (χ3n) is 3.21. The molecule has 0 heterocycles. The van der Waals surface area contributed by atoms with Gasteiger partial charge in [0.05, 0.1) is 11.7 Å². The summed E-state index contributed by atoms with van der Waals surface area (Å²) in [4.78, 5) is 43.5. The third-order valence-corrected chi connectivity index (χ3v) is 4.48. The van der Waals surface area contributed by atoms with Gasteiger partial charge in [-0.1, -0.05) is 12.1 Å². The van der Waals surface area contributed by atoms with Crippen molar-refractivity contribution in [2.75, 3.05) is 12.3 Å². The number of thioether (sulfide) groups is 1. The van der Waals surface area contributed by atoms with Crippen LogP contribution in [0.1, 0.15) is 34.5 Å². The highest BCUT2D eigenvalue weighted by molar-refractivity contribution is 7.99. The molecule has 1 rings (SSSR count). The van der Waals surface area contributed by atoms with Crippen LogP contribution in [0.4, 0.5) is 0 Å². The highest BCUT2D eigenvalue weighted by Crippen LogP contribution is 2.29.